The van der Waals surface area contributed by atoms with Gasteiger partial charge in [0, 0.05) is 42.9 Å². The third kappa shape index (κ3) is 3.76. The summed E-state index contributed by atoms with van der Waals surface area (Å²) < 4.78 is 19.5. The van der Waals surface area contributed by atoms with Gasteiger partial charge in [0.05, 0.1) is 7.11 Å². The van der Waals surface area contributed by atoms with Crippen LogP contribution in [-0.4, -0.2) is 59.2 Å². The molecule has 1 aromatic carbocycles. The van der Waals surface area contributed by atoms with E-state index in [1.165, 1.54) is 6.07 Å². The van der Waals surface area contributed by atoms with E-state index >= 15 is 0 Å². The first-order valence-corrected chi connectivity index (χ1v) is 9.84. The van der Waals surface area contributed by atoms with Crippen molar-refractivity contribution in [2.75, 3.05) is 33.3 Å². The number of hydrogen-bond donors (Lipinski definition) is 1. The summed E-state index contributed by atoms with van der Waals surface area (Å²) in [6, 6.07) is 6.69. The van der Waals surface area contributed by atoms with Gasteiger partial charge in [0.1, 0.15) is 17.3 Å². The first-order chi connectivity index (χ1) is 13.5. The summed E-state index contributed by atoms with van der Waals surface area (Å²) in [6.07, 6.45) is 3.15. The summed E-state index contributed by atoms with van der Waals surface area (Å²) in [4.78, 5) is 17.0. The molecule has 0 radical (unpaired) electrons. The Kier molecular flexibility index (Phi) is 5.10. The molecule has 3 heterocycles. The van der Waals surface area contributed by atoms with Gasteiger partial charge in [-0.15, -0.1) is 0 Å². The van der Waals surface area contributed by atoms with Crippen LogP contribution < -0.4 is 4.74 Å². The number of benzene rings is 1. The largest absolute Gasteiger partial charge is 0.497 e. The zero-order valence-electron chi connectivity index (χ0n) is 16.5. The highest BCUT2D eigenvalue weighted by Gasteiger charge is 2.43. The molecule has 0 saturated carbocycles. The first-order valence-electron chi connectivity index (χ1n) is 9.84. The molecule has 2 fully saturated rings. The Labute approximate surface area is 164 Å². The summed E-state index contributed by atoms with van der Waals surface area (Å²) in [5.74, 6) is 0.477. The second kappa shape index (κ2) is 7.54. The summed E-state index contributed by atoms with van der Waals surface area (Å²) >= 11 is 0. The number of nitrogens with zero attached hydrogens (tertiary/aromatic N) is 3. The maximum absolute atomic E-state index is 14.2. The number of aryl methyl sites for hydroxylation is 1. The minimum atomic E-state index is -0.197. The van der Waals surface area contributed by atoms with Crippen LogP contribution in [0.25, 0.3) is 0 Å². The fourth-order valence-electron chi connectivity index (χ4n) is 4.62. The van der Waals surface area contributed by atoms with E-state index < -0.39 is 0 Å². The molecule has 2 aliphatic heterocycles. The van der Waals surface area contributed by atoms with Gasteiger partial charge >= 0.3 is 0 Å². The number of nitrogens with one attached hydrogen (secondary N) is 1. The number of carbonyl (C=O) groups is 1. The van der Waals surface area contributed by atoms with Gasteiger partial charge in [0.15, 0.2) is 0 Å². The van der Waals surface area contributed by atoms with E-state index in [-0.39, 0.29) is 17.1 Å². The quantitative estimate of drug-likeness (QED) is 0.878. The predicted octanol–water partition coefficient (Wildman–Crippen LogP) is 2.99. The van der Waals surface area contributed by atoms with E-state index in [4.69, 9.17) is 4.74 Å². The van der Waals surface area contributed by atoms with Crippen LogP contribution in [0, 0.1) is 18.2 Å². The number of aromatic amines is 1. The molecule has 0 unspecified atom stereocenters. The highest BCUT2D eigenvalue weighted by molar-refractivity contribution is 5.92. The zero-order valence-corrected chi connectivity index (χ0v) is 16.5. The number of piperidine rings is 1. The number of amides is 1. The average molecular weight is 386 g/mol. The molecule has 28 heavy (non-hydrogen) atoms. The van der Waals surface area contributed by atoms with E-state index in [1.807, 2.05) is 11.8 Å². The van der Waals surface area contributed by atoms with Gasteiger partial charge in [-0.2, -0.15) is 5.10 Å². The first kappa shape index (κ1) is 18.9. The van der Waals surface area contributed by atoms with Crippen molar-refractivity contribution in [1.29, 1.82) is 0 Å². The molecule has 6 nitrogen and oxygen atoms in total. The monoisotopic (exact) mass is 386 g/mol. The number of H-pyrrole nitrogens is 1. The van der Waals surface area contributed by atoms with E-state index in [0.29, 0.717) is 23.6 Å². The Morgan fingerprint density at radius 3 is 2.89 bits per heavy atom. The number of carbonyl (C=O) groups excluding carboxylic acids is 1. The number of halogens is 1. The number of rotatable bonds is 4. The van der Waals surface area contributed by atoms with Crippen molar-refractivity contribution in [2.24, 2.45) is 5.41 Å². The molecular formula is C21H27FN4O2. The summed E-state index contributed by atoms with van der Waals surface area (Å²) in [5.41, 5.74) is 2.13. The van der Waals surface area contributed by atoms with Crippen molar-refractivity contribution in [3.63, 3.8) is 0 Å². The number of methoxy groups -OCH3 is 1. The van der Waals surface area contributed by atoms with Gasteiger partial charge in [-0.05, 0) is 57.0 Å². The normalized spacial score (nSPS) is 22.8. The molecule has 7 heteroatoms. The minimum Gasteiger partial charge on any atom is -0.497 e. The molecular weight excluding hydrogens is 359 g/mol. The predicted molar refractivity (Wildman–Crippen MR) is 104 cm³/mol. The van der Waals surface area contributed by atoms with E-state index in [1.54, 1.807) is 25.3 Å². The number of aromatic nitrogens is 2. The second-order valence-corrected chi connectivity index (χ2v) is 8.18. The van der Waals surface area contributed by atoms with E-state index in [0.717, 1.165) is 51.1 Å². The Hall–Kier alpha value is -2.41. The van der Waals surface area contributed by atoms with Gasteiger partial charge < -0.3 is 9.64 Å². The third-order valence-electron chi connectivity index (χ3n) is 6.04. The topological polar surface area (TPSA) is 61.5 Å². The van der Waals surface area contributed by atoms with Gasteiger partial charge in [-0.1, -0.05) is 0 Å². The van der Waals surface area contributed by atoms with Crippen molar-refractivity contribution in [3.05, 3.63) is 47.0 Å². The van der Waals surface area contributed by atoms with Crippen LogP contribution >= 0.6 is 0 Å². The van der Waals surface area contributed by atoms with Crippen LogP contribution in [0.1, 0.15) is 41.0 Å². The number of ether oxygens (including phenoxy) is 1. The van der Waals surface area contributed by atoms with Crippen molar-refractivity contribution in [3.8, 4) is 5.75 Å². The van der Waals surface area contributed by atoms with Crippen LogP contribution in [-0.2, 0) is 6.54 Å². The highest BCUT2D eigenvalue weighted by atomic mass is 19.1. The molecule has 1 atom stereocenters. The van der Waals surface area contributed by atoms with Gasteiger partial charge in [-0.25, -0.2) is 4.39 Å². The molecule has 1 aromatic heterocycles. The molecule has 2 aromatic rings. The van der Waals surface area contributed by atoms with Crippen molar-refractivity contribution in [2.45, 2.75) is 32.7 Å². The lowest BCUT2D eigenvalue weighted by Gasteiger charge is -2.40. The van der Waals surface area contributed by atoms with Crippen LogP contribution in [0.5, 0.6) is 5.75 Å². The lowest BCUT2D eigenvalue weighted by atomic mass is 9.79. The third-order valence-corrected chi connectivity index (χ3v) is 6.04. The molecule has 1 spiro atoms. The summed E-state index contributed by atoms with van der Waals surface area (Å²) in [7, 11) is 1.60. The number of hydrogen-bond acceptors (Lipinski definition) is 4. The smallest absolute Gasteiger partial charge is 0.274 e. The fourth-order valence-corrected chi connectivity index (χ4v) is 4.62. The minimum absolute atomic E-state index is 0.00260. The van der Waals surface area contributed by atoms with E-state index in [2.05, 4.69) is 15.1 Å². The SMILES string of the molecule is COc1ccc(F)c(CN2CCC[C@@]3(CCN(C(=O)c4cc(C)[nH]n4)C3)C2)c1. The molecule has 0 aliphatic carbocycles. The maximum Gasteiger partial charge on any atom is 0.274 e. The Morgan fingerprint density at radius 1 is 1.29 bits per heavy atom. The molecule has 1 amide bonds. The lowest BCUT2D eigenvalue weighted by molar-refractivity contribution is 0.0668. The number of likely N-dealkylation sites (tertiary alicyclic amines) is 2. The molecule has 2 aliphatic rings. The van der Waals surface area contributed by atoms with Crippen LogP contribution in [0.4, 0.5) is 4.39 Å². The molecule has 0 bridgehead atoms. The maximum atomic E-state index is 14.2. The van der Waals surface area contributed by atoms with E-state index in [9.17, 15) is 9.18 Å². The van der Waals surface area contributed by atoms with Crippen LogP contribution in [0.2, 0.25) is 0 Å². The molecule has 150 valence electrons. The zero-order chi connectivity index (χ0) is 19.7. The Morgan fingerprint density at radius 2 is 2.14 bits per heavy atom. The summed E-state index contributed by atoms with van der Waals surface area (Å²) in [6.45, 7) is 5.79. The highest BCUT2D eigenvalue weighted by Crippen LogP contribution is 2.40. The van der Waals surface area contributed by atoms with Crippen LogP contribution in [0.3, 0.4) is 0 Å². The van der Waals surface area contributed by atoms with Crippen LogP contribution in [0.15, 0.2) is 24.3 Å². The Bertz CT molecular complexity index is 868. The average Bonchev–Trinajstić information content (AvgIpc) is 3.30. The standard InChI is InChI=1S/C21H27FN4O2/c1-15-10-19(24-23-15)20(27)26-9-7-21(14-26)6-3-8-25(13-21)12-16-11-17(28-2)4-5-18(16)22/h4-5,10-11H,3,6-9,12-14H2,1-2H3,(H,23,24)/t21-/m1/s1. The molecule has 1 N–H and O–H groups in total. The van der Waals surface area contributed by atoms with Crippen molar-refractivity contribution >= 4 is 5.91 Å². The lowest BCUT2D eigenvalue weighted by Crippen LogP contribution is -2.45. The van der Waals surface area contributed by atoms with Gasteiger partial charge in [0.25, 0.3) is 5.91 Å². The fraction of sp³-hybridized carbons (Fsp3) is 0.524. The molecule has 4 rings (SSSR count). The van der Waals surface area contributed by atoms with Crippen molar-refractivity contribution in [1.82, 2.24) is 20.0 Å². The molecule has 2 saturated heterocycles. The van der Waals surface area contributed by atoms with Crippen molar-refractivity contribution < 1.29 is 13.9 Å². The Balaban J connectivity index is 1.43. The van der Waals surface area contributed by atoms with Gasteiger partial charge in [0.2, 0.25) is 0 Å². The summed E-state index contributed by atoms with van der Waals surface area (Å²) in [5, 5.41) is 6.95. The second-order valence-electron chi connectivity index (χ2n) is 8.18. The van der Waals surface area contributed by atoms with Gasteiger partial charge in [-0.3, -0.25) is 14.8 Å².